The van der Waals surface area contributed by atoms with Crippen molar-refractivity contribution in [3.63, 3.8) is 0 Å². The number of aromatic nitrogens is 2. The topological polar surface area (TPSA) is 145 Å². The number of carbonyl (C=O) groups excluding carboxylic acids is 1. The maximum absolute atomic E-state index is 12.0. The number of nitrogens with zero attached hydrogens (tertiary/aromatic N) is 3. The Morgan fingerprint density at radius 3 is 2.50 bits per heavy atom. The fourth-order valence-electron chi connectivity index (χ4n) is 2.04. The molecule has 0 aromatic carbocycles. The lowest BCUT2D eigenvalue weighted by atomic mass is 10.0. The van der Waals surface area contributed by atoms with Gasteiger partial charge in [-0.2, -0.15) is 0 Å². The SMILES string of the molecule is CC(C)CCCCCCN=C(N)NC(=O)c1nc(Cl)c(N)nc1N. The van der Waals surface area contributed by atoms with Gasteiger partial charge in [-0.15, -0.1) is 0 Å². The number of halogens is 1. The van der Waals surface area contributed by atoms with Crippen LogP contribution in [-0.2, 0) is 0 Å². The van der Waals surface area contributed by atoms with Gasteiger partial charge in [0.25, 0.3) is 5.91 Å². The summed E-state index contributed by atoms with van der Waals surface area (Å²) in [5, 5.41) is 2.32. The number of hydrogen-bond donors (Lipinski definition) is 4. The summed E-state index contributed by atoms with van der Waals surface area (Å²) in [6.07, 6.45) is 5.65. The van der Waals surface area contributed by atoms with E-state index in [-0.39, 0.29) is 28.4 Å². The van der Waals surface area contributed by atoms with E-state index >= 15 is 0 Å². The maximum atomic E-state index is 12.0. The molecule has 0 spiro atoms. The van der Waals surface area contributed by atoms with Gasteiger partial charge in [-0.25, -0.2) is 9.97 Å². The Labute approximate surface area is 147 Å². The molecule has 8 nitrogen and oxygen atoms in total. The van der Waals surface area contributed by atoms with Gasteiger partial charge in [-0.05, 0) is 12.3 Å². The average molecular weight is 356 g/mol. The molecule has 0 aliphatic rings. The molecule has 1 aromatic rings. The molecule has 0 aliphatic heterocycles. The zero-order valence-corrected chi connectivity index (χ0v) is 14.9. The van der Waals surface area contributed by atoms with Gasteiger partial charge in [0.05, 0.1) is 0 Å². The largest absolute Gasteiger partial charge is 0.382 e. The number of rotatable bonds is 8. The van der Waals surface area contributed by atoms with Crippen molar-refractivity contribution in [1.82, 2.24) is 15.3 Å². The summed E-state index contributed by atoms with van der Waals surface area (Å²) in [5.41, 5.74) is 16.6. The van der Waals surface area contributed by atoms with E-state index in [1.165, 1.54) is 19.3 Å². The molecule has 0 radical (unpaired) electrons. The third kappa shape index (κ3) is 6.99. The van der Waals surface area contributed by atoms with E-state index in [0.717, 1.165) is 18.8 Å². The van der Waals surface area contributed by atoms with Crippen LogP contribution in [0.2, 0.25) is 5.15 Å². The Kier molecular flexibility index (Phi) is 8.25. The van der Waals surface area contributed by atoms with Gasteiger partial charge in [0.15, 0.2) is 28.4 Å². The molecule has 9 heteroatoms. The quantitative estimate of drug-likeness (QED) is 0.318. The number of nitrogens with one attached hydrogen (secondary N) is 1. The van der Waals surface area contributed by atoms with Crippen LogP contribution >= 0.6 is 11.6 Å². The molecular weight excluding hydrogens is 330 g/mol. The Hall–Kier alpha value is -2.09. The van der Waals surface area contributed by atoms with Crippen molar-refractivity contribution in [2.24, 2.45) is 16.6 Å². The molecule has 0 bridgehead atoms. The Morgan fingerprint density at radius 2 is 1.83 bits per heavy atom. The van der Waals surface area contributed by atoms with E-state index in [4.69, 9.17) is 28.8 Å². The van der Waals surface area contributed by atoms with Gasteiger partial charge in [0, 0.05) is 6.54 Å². The fraction of sp³-hybridized carbons (Fsp3) is 0.600. The predicted octanol–water partition coefficient (Wildman–Crippen LogP) is 1.95. The van der Waals surface area contributed by atoms with E-state index in [2.05, 4.69) is 34.1 Å². The van der Waals surface area contributed by atoms with Crippen molar-refractivity contribution in [1.29, 1.82) is 0 Å². The average Bonchev–Trinajstić information content (AvgIpc) is 2.49. The highest BCUT2D eigenvalue weighted by molar-refractivity contribution is 6.31. The number of guanidine groups is 1. The van der Waals surface area contributed by atoms with Crippen LogP contribution in [-0.4, -0.2) is 28.4 Å². The van der Waals surface area contributed by atoms with Crippen molar-refractivity contribution >= 4 is 35.1 Å². The highest BCUT2D eigenvalue weighted by atomic mass is 35.5. The van der Waals surface area contributed by atoms with Crippen LogP contribution in [0.15, 0.2) is 4.99 Å². The molecule has 0 unspecified atom stereocenters. The lowest BCUT2D eigenvalue weighted by molar-refractivity contribution is 0.0972. The van der Waals surface area contributed by atoms with E-state index in [0.29, 0.717) is 6.54 Å². The normalized spacial score (nSPS) is 11.8. The molecule has 0 saturated carbocycles. The standard InChI is InChI=1S/C15H26ClN7O/c1-9(2)7-5-3-4-6-8-20-15(19)23-14(24)10-12(17)22-13(18)11(16)21-10/h9H,3-8H2,1-2H3,(H4,17,18,22)(H3,19,20,23,24). The molecule has 1 amide bonds. The number of aliphatic imine (C=N–C) groups is 1. The Bertz CT molecular complexity index is 589. The van der Waals surface area contributed by atoms with Crippen molar-refractivity contribution in [3.05, 3.63) is 10.8 Å². The van der Waals surface area contributed by atoms with Crippen molar-refractivity contribution in [3.8, 4) is 0 Å². The number of carbonyl (C=O) groups is 1. The second kappa shape index (κ2) is 9.92. The molecule has 134 valence electrons. The molecule has 0 atom stereocenters. The van der Waals surface area contributed by atoms with Gasteiger partial charge < -0.3 is 17.2 Å². The highest BCUT2D eigenvalue weighted by Gasteiger charge is 2.16. The minimum Gasteiger partial charge on any atom is -0.382 e. The first-order valence-electron chi connectivity index (χ1n) is 8.01. The molecule has 1 rings (SSSR count). The number of nitrogen functional groups attached to an aromatic ring is 2. The lowest BCUT2D eigenvalue weighted by Gasteiger charge is -2.07. The van der Waals surface area contributed by atoms with Crippen LogP contribution in [0, 0.1) is 5.92 Å². The maximum Gasteiger partial charge on any atom is 0.280 e. The summed E-state index contributed by atoms with van der Waals surface area (Å²) in [4.78, 5) is 23.7. The van der Waals surface area contributed by atoms with Crippen LogP contribution in [0.25, 0.3) is 0 Å². The first-order chi connectivity index (χ1) is 11.3. The minimum atomic E-state index is -0.625. The molecule has 1 heterocycles. The molecule has 7 N–H and O–H groups in total. The van der Waals surface area contributed by atoms with Gasteiger partial charge in [0.2, 0.25) is 0 Å². The summed E-state index contributed by atoms with van der Waals surface area (Å²) < 4.78 is 0. The van der Waals surface area contributed by atoms with E-state index in [1.807, 2.05) is 0 Å². The van der Waals surface area contributed by atoms with Crippen LogP contribution < -0.4 is 22.5 Å². The summed E-state index contributed by atoms with van der Waals surface area (Å²) >= 11 is 5.73. The third-order valence-corrected chi connectivity index (χ3v) is 3.61. The number of anilines is 2. The number of hydrogen-bond acceptors (Lipinski definition) is 6. The zero-order chi connectivity index (χ0) is 18.1. The number of nitrogens with two attached hydrogens (primary N) is 3. The fourth-order valence-corrected chi connectivity index (χ4v) is 2.17. The summed E-state index contributed by atoms with van der Waals surface area (Å²) in [7, 11) is 0. The van der Waals surface area contributed by atoms with Crippen molar-refractivity contribution in [2.45, 2.75) is 46.0 Å². The predicted molar refractivity (Wildman–Crippen MR) is 97.7 cm³/mol. The lowest BCUT2D eigenvalue weighted by Crippen LogP contribution is -2.38. The summed E-state index contributed by atoms with van der Waals surface area (Å²) in [5.74, 6) is -0.0279. The summed E-state index contributed by atoms with van der Waals surface area (Å²) in [6, 6.07) is 0. The molecule has 0 saturated heterocycles. The number of amides is 1. The highest BCUT2D eigenvalue weighted by Crippen LogP contribution is 2.17. The first kappa shape index (κ1) is 20.0. The molecule has 1 aromatic heterocycles. The zero-order valence-electron chi connectivity index (χ0n) is 14.2. The van der Waals surface area contributed by atoms with Crippen molar-refractivity contribution in [2.75, 3.05) is 18.0 Å². The molecule has 0 fully saturated rings. The number of unbranched alkanes of at least 4 members (excludes halogenated alkanes) is 3. The van der Waals surface area contributed by atoms with E-state index in [9.17, 15) is 4.79 Å². The Morgan fingerprint density at radius 1 is 1.17 bits per heavy atom. The smallest absolute Gasteiger partial charge is 0.280 e. The van der Waals surface area contributed by atoms with Gasteiger partial charge >= 0.3 is 0 Å². The van der Waals surface area contributed by atoms with Crippen LogP contribution in [0.5, 0.6) is 0 Å². The Balaban J connectivity index is 2.40. The van der Waals surface area contributed by atoms with Crippen LogP contribution in [0.1, 0.15) is 56.4 Å². The van der Waals surface area contributed by atoms with Crippen LogP contribution in [0.4, 0.5) is 11.6 Å². The molecular formula is C15H26ClN7O. The minimum absolute atomic E-state index is 0.0105. The van der Waals surface area contributed by atoms with Crippen molar-refractivity contribution < 1.29 is 4.79 Å². The molecule has 24 heavy (non-hydrogen) atoms. The van der Waals surface area contributed by atoms with E-state index in [1.54, 1.807) is 0 Å². The first-order valence-corrected chi connectivity index (χ1v) is 8.38. The van der Waals surface area contributed by atoms with Gasteiger partial charge in [-0.3, -0.25) is 15.1 Å². The van der Waals surface area contributed by atoms with Crippen LogP contribution in [0.3, 0.4) is 0 Å². The third-order valence-electron chi connectivity index (χ3n) is 3.33. The summed E-state index contributed by atoms with van der Waals surface area (Å²) in [6.45, 7) is 5.00. The second-order valence-corrected chi connectivity index (χ2v) is 6.31. The van der Waals surface area contributed by atoms with E-state index < -0.39 is 5.91 Å². The second-order valence-electron chi connectivity index (χ2n) is 5.95. The molecule has 0 aliphatic carbocycles. The van der Waals surface area contributed by atoms with Gasteiger partial charge in [0.1, 0.15) is 0 Å². The van der Waals surface area contributed by atoms with Gasteiger partial charge in [-0.1, -0.05) is 51.1 Å². The monoisotopic (exact) mass is 355 g/mol.